The molecule has 0 bridgehead atoms. The van der Waals surface area contributed by atoms with E-state index in [0.29, 0.717) is 18.3 Å². The number of aromatic nitrogens is 2. The Morgan fingerprint density at radius 3 is 2.97 bits per heavy atom. The van der Waals surface area contributed by atoms with Crippen molar-refractivity contribution < 1.29 is 9.53 Å². The molecule has 0 fully saturated rings. The molecular formula is C22H25N3O3S2. The van der Waals surface area contributed by atoms with Gasteiger partial charge in [-0.25, -0.2) is 4.98 Å². The van der Waals surface area contributed by atoms with E-state index in [1.807, 2.05) is 32.0 Å². The van der Waals surface area contributed by atoms with Gasteiger partial charge in [0.2, 0.25) is 5.91 Å². The normalized spacial score (nSPS) is 13.0. The first-order valence-electron chi connectivity index (χ1n) is 10.0. The second kappa shape index (κ2) is 8.91. The Morgan fingerprint density at radius 2 is 2.17 bits per heavy atom. The summed E-state index contributed by atoms with van der Waals surface area (Å²) in [5.41, 5.74) is 4.15. The number of hydrogen-bond acceptors (Lipinski definition) is 6. The third-order valence-corrected chi connectivity index (χ3v) is 7.68. The van der Waals surface area contributed by atoms with Crippen molar-refractivity contribution in [2.24, 2.45) is 0 Å². The van der Waals surface area contributed by atoms with Gasteiger partial charge >= 0.3 is 0 Å². The van der Waals surface area contributed by atoms with Crippen LogP contribution in [0.1, 0.15) is 28.0 Å². The predicted molar refractivity (Wildman–Crippen MR) is 123 cm³/mol. The summed E-state index contributed by atoms with van der Waals surface area (Å²) in [6, 6.07) is 5.85. The van der Waals surface area contributed by atoms with Gasteiger partial charge in [-0.15, -0.1) is 11.3 Å². The summed E-state index contributed by atoms with van der Waals surface area (Å²) in [5, 5.41) is 4.30. The highest BCUT2D eigenvalue weighted by atomic mass is 32.2. The fraction of sp³-hybridized carbons (Fsp3) is 0.409. The first-order chi connectivity index (χ1) is 14.5. The third-order valence-electron chi connectivity index (χ3n) is 5.52. The Morgan fingerprint density at radius 1 is 1.33 bits per heavy atom. The average Bonchev–Trinajstić information content (AvgIpc) is 3.30. The van der Waals surface area contributed by atoms with E-state index < -0.39 is 0 Å². The summed E-state index contributed by atoms with van der Waals surface area (Å²) in [5.74, 6) is 0.0682. The largest absolute Gasteiger partial charge is 0.383 e. The number of thiophene rings is 1. The molecule has 0 atom stereocenters. The highest BCUT2D eigenvalue weighted by Gasteiger charge is 2.23. The third kappa shape index (κ3) is 4.04. The number of carbonyl (C=O) groups is 1. The van der Waals surface area contributed by atoms with Crippen molar-refractivity contribution >= 4 is 44.9 Å². The topological polar surface area (TPSA) is 73.2 Å². The quantitative estimate of drug-likeness (QED) is 0.442. The molecule has 158 valence electrons. The average molecular weight is 444 g/mol. The second-order valence-corrected chi connectivity index (χ2v) is 9.49. The number of carbonyl (C=O) groups excluding carboxylic acids is 1. The fourth-order valence-corrected chi connectivity index (χ4v) is 5.88. The molecule has 0 saturated heterocycles. The molecule has 2 heterocycles. The van der Waals surface area contributed by atoms with Crippen LogP contribution in [0.25, 0.3) is 10.2 Å². The maximum absolute atomic E-state index is 13.3. The molecule has 1 amide bonds. The minimum Gasteiger partial charge on any atom is -0.383 e. The van der Waals surface area contributed by atoms with Crippen LogP contribution in [-0.4, -0.2) is 34.9 Å². The van der Waals surface area contributed by atoms with Gasteiger partial charge in [-0.1, -0.05) is 23.9 Å². The van der Waals surface area contributed by atoms with Crippen LogP contribution in [-0.2, 0) is 28.9 Å². The molecule has 0 aliphatic heterocycles. The Kier molecular flexibility index (Phi) is 6.26. The maximum atomic E-state index is 13.3. The molecule has 4 rings (SSSR count). The van der Waals surface area contributed by atoms with E-state index in [-0.39, 0.29) is 17.2 Å². The molecule has 1 aromatic carbocycles. The van der Waals surface area contributed by atoms with Gasteiger partial charge in [-0.3, -0.25) is 14.2 Å². The first-order valence-corrected chi connectivity index (χ1v) is 11.8. The smallest absolute Gasteiger partial charge is 0.263 e. The predicted octanol–water partition coefficient (Wildman–Crippen LogP) is 3.94. The number of methoxy groups -OCH3 is 1. The lowest BCUT2D eigenvalue weighted by Gasteiger charge is -2.13. The van der Waals surface area contributed by atoms with Crippen LogP contribution in [0, 0.1) is 13.8 Å². The number of aryl methyl sites for hydroxylation is 3. The van der Waals surface area contributed by atoms with Crippen LogP contribution in [0.15, 0.2) is 28.2 Å². The molecule has 0 radical (unpaired) electrons. The van der Waals surface area contributed by atoms with Crippen molar-refractivity contribution in [3.05, 3.63) is 50.1 Å². The minimum atomic E-state index is -0.116. The Hall–Kier alpha value is -2.16. The van der Waals surface area contributed by atoms with Crippen LogP contribution >= 0.6 is 23.1 Å². The van der Waals surface area contributed by atoms with E-state index in [4.69, 9.17) is 9.72 Å². The minimum absolute atomic E-state index is 0.0195. The zero-order valence-electron chi connectivity index (χ0n) is 17.4. The lowest BCUT2D eigenvalue weighted by Crippen LogP contribution is -2.26. The van der Waals surface area contributed by atoms with Gasteiger partial charge in [0.25, 0.3) is 5.56 Å². The molecule has 8 heteroatoms. The highest BCUT2D eigenvalue weighted by Crippen LogP contribution is 2.35. The Balaban J connectivity index is 1.59. The number of rotatable bonds is 7. The summed E-state index contributed by atoms with van der Waals surface area (Å²) >= 11 is 2.91. The van der Waals surface area contributed by atoms with Crippen molar-refractivity contribution in [1.29, 1.82) is 0 Å². The summed E-state index contributed by atoms with van der Waals surface area (Å²) in [4.78, 5) is 32.7. The zero-order chi connectivity index (χ0) is 21.3. The van der Waals surface area contributed by atoms with E-state index in [2.05, 4.69) is 5.32 Å². The number of nitrogens with one attached hydrogen (secondary N) is 1. The van der Waals surface area contributed by atoms with Crippen molar-refractivity contribution in [1.82, 2.24) is 9.55 Å². The van der Waals surface area contributed by atoms with Crippen molar-refractivity contribution in [3.63, 3.8) is 0 Å². The SMILES string of the molecule is COCCn1c(SCC(=O)Nc2cccc(C)c2C)nc2sc3c(c2c1=O)CCC3. The number of hydrogen-bond donors (Lipinski definition) is 1. The number of ether oxygens (including phenoxy) is 1. The number of fused-ring (bicyclic) bond motifs is 3. The van der Waals surface area contributed by atoms with Gasteiger partial charge < -0.3 is 10.1 Å². The fourth-order valence-electron chi connectivity index (χ4n) is 3.75. The van der Waals surface area contributed by atoms with Crippen LogP contribution in [0.4, 0.5) is 5.69 Å². The van der Waals surface area contributed by atoms with Gasteiger partial charge in [0.1, 0.15) is 4.83 Å². The van der Waals surface area contributed by atoms with Crippen LogP contribution < -0.4 is 10.9 Å². The van der Waals surface area contributed by atoms with Crippen molar-refractivity contribution in [3.8, 4) is 0 Å². The van der Waals surface area contributed by atoms with E-state index in [1.54, 1.807) is 23.0 Å². The van der Waals surface area contributed by atoms with Crippen LogP contribution in [0.2, 0.25) is 0 Å². The molecule has 0 unspecified atom stereocenters. The monoisotopic (exact) mass is 443 g/mol. The molecule has 0 spiro atoms. The van der Waals surface area contributed by atoms with Gasteiger partial charge in [-0.2, -0.15) is 0 Å². The highest BCUT2D eigenvalue weighted by molar-refractivity contribution is 7.99. The lowest BCUT2D eigenvalue weighted by molar-refractivity contribution is -0.113. The number of thioether (sulfide) groups is 1. The molecule has 2 aromatic heterocycles. The number of benzene rings is 1. The van der Waals surface area contributed by atoms with Crippen LogP contribution in [0.3, 0.4) is 0 Å². The van der Waals surface area contributed by atoms with Gasteiger partial charge in [0.05, 0.1) is 24.3 Å². The van der Waals surface area contributed by atoms with Gasteiger partial charge in [-0.05, 0) is 55.9 Å². The Labute approximate surface area is 183 Å². The van der Waals surface area contributed by atoms with Gasteiger partial charge in [0.15, 0.2) is 5.16 Å². The standard InChI is InChI=1S/C22H25N3O3S2/c1-13-6-4-8-16(14(13)2)23-18(26)12-29-22-24-20-19(15-7-5-9-17(15)30-20)21(27)25(22)10-11-28-3/h4,6,8H,5,7,9-12H2,1-3H3,(H,23,26). The molecule has 3 aromatic rings. The molecular weight excluding hydrogens is 418 g/mol. The summed E-state index contributed by atoms with van der Waals surface area (Å²) in [6.07, 6.45) is 3.07. The second-order valence-electron chi connectivity index (χ2n) is 7.47. The van der Waals surface area contributed by atoms with E-state index in [0.717, 1.165) is 46.3 Å². The molecule has 1 aliphatic carbocycles. The molecule has 1 N–H and O–H groups in total. The lowest BCUT2D eigenvalue weighted by atomic mass is 10.1. The maximum Gasteiger partial charge on any atom is 0.263 e. The number of amides is 1. The molecule has 30 heavy (non-hydrogen) atoms. The molecule has 6 nitrogen and oxygen atoms in total. The number of nitrogens with zero attached hydrogens (tertiary/aromatic N) is 2. The van der Waals surface area contributed by atoms with E-state index >= 15 is 0 Å². The van der Waals surface area contributed by atoms with Crippen molar-refractivity contribution in [2.45, 2.75) is 44.8 Å². The number of anilines is 1. The zero-order valence-corrected chi connectivity index (χ0v) is 19.0. The Bertz CT molecular complexity index is 1170. The van der Waals surface area contributed by atoms with E-state index in [9.17, 15) is 9.59 Å². The molecule has 0 saturated carbocycles. The summed E-state index contributed by atoms with van der Waals surface area (Å²) in [7, 11) is 1.61. The summed E-state index contributed by atoms with van der Waals surface area (Å²) < 4.78 is 6.86. The van der Waals surface area contributed by atoms with Crippen molar-refractivity contribution in [2.75, 3.05) is 24.8 Å². The van der Waals surface area contributed by atoms with Crippen LogP contribution in [0.5, 0.6) is 0 Å². The molecule has 1 aliphatic rings. The van der Waals surface area contributed by atoms with Gasteiger partial charge in [0, 0.05) is 17.7 Å². The van der Waals surface area contributed by atoms with E-state index in [1.165, 1.54) is 22.2 Å². The first kappa shape index (κ1) is 21.1. The summed E-state index contributed by atoms with van der Waals surface area (Å²) in [6.45, 7) is 4.85.